The molecule has 1 heterocycles. The van der Waals surface area contributed by atoms with Crippen LogP contribution in [0.25, 0.3) is 5.69 Å². The van der Waals surface area contributed by atoms with Crippen molar-refractivity contribution in [1.29, 1.82) is 0 Å². The van der Waals surface area contributed by atoms with Crippen LogP contribution in [0.1, 0.15) is 27.3 Å². The lowest BCUT2D eigenvalue weighted by atomic mass is 10.1. The van der Waals surface area contributed by atoms with Crippen molar-refractivity contribution >= 4 is 11.6 Å². The molecule has 0 aliphatic heterocycles. The number of carbonyl (C=O) groups is 1. The summed E-state index contributed by atoms with van der Waals surface area (Å²) < 4.78 is 56.9. The van der Waals surface area contributed by atoms with Gasteiger partial charge in [-0.05, 0) is 55.8 Å². The lowest BCUT2D eigenvalue weighted by Gasteiger charge is -2.10. The number of aromatic nitrogens is 2. The Hall–Kier alpha value is -3.20. The molecule has 3 aromatic rings. The van der Waals surface area contributed by atoms with Gasteiger partial charge in [0.1, 0.15) is 12.3 Å². The highest BCUT2D eigenvalue weighted by atomic mass is 19.4. The summed E-state index contributed by atoms with van der Waals surface area (Å²) in [6.45, 7) is 2.06. The second kappa shape index (κ2) is 8.66. The summed E-state index contributed by atoms with van der Waals surface area (Å²) in [4.78, 5) is 12.4. The fourth-order valence-corrected chi connectivity index (χ4v) is 2.87. The molecule has 30 heavy (non-hydrogen) atoms. The van der Waals surface area contributed by atoms with Crippen LogP contribution in [0.5, 0.6) is 0 Å². The van der Waals surface area contributed by atoms with Crippen LogP contribution in [0.4, 0.5) is 23.2 Å². The maximum Gasteiger partial charge on any atom is 0.411 e. The molecule has 158 valence electrons. The quantitative estimate of drug-likeness (QED) is 0.573. The van der Waals surface area contributed by atoms with Gasteiger partial charge < -0.3 is 10.1 Å². The van der Waals surface area contributed by atoms with E-state index in [0.717, 1.165) is 11.4 Å². The third kappa shape index (κ3) is 5.44. The van der Waals surface area contributed by atoms with Crippen LogP contribution >= 0.6 is 0 Å². The Balaban J connectivity index is 1.64. The van der Waals surface area contributed by atoms with Crippen molar-refractivity contribution in [1.82, 2.24) is 9.78 Å². The average Bonchev–Trinajstić information content (AvgIpc) is 2.99. The maximum absolute atomic E-state index is 14.5. The van der Waals surface area contributed by atoms with Gasteiger partial charge in [-0.2, -0.15) is 18.3 Å². The van der Waals surface area contributed by atoms with Crippen molar-refractivity contribution in [3.05, 3.63) is 76.9 Å². The van der Waals surface area contributed by atoms with Gasteiger partial charge in [0.2, 0.25) is 0 Å². The van der Waals surface area contributed by atoms with Crippen molar-refractivity contribution < 1.29 is 27.1 Å². The molecule has 0 aliphatic rings. The van der Waals surface area contributed by atoms with Crippen molar-refractivity contribution in [2.75, 3.05) is 11.9 Å². The Labute approximate surface area is 170 Å². The Bertz CT molecular complexity index is 1040. The van der Waals surface area contributed by atoms with Crippen LogP contribution in [0, 0.1) is 19.7 Å². The van der Waals surface area contributed by atoms with E-state index in [1.54, 1.807) is 6.07 Å². The van der Waals surface area contributed by atoms with Gasteiger partial charge >= 0.3 is 6.18 Å². The van der Waals surface area contributed by atoms with Gasteiger partial charge in [0.05, 0.1) is 12.3 Å². The molecule has 1 N–H and O–H groups in total. The van der Waals surface area contributed by atoms with Crippen molar-refractivity contribution in [3.8, 4) is 5.69 Å². The van der Waals surface area contributed by atoms with E-state index in [2.05, 4.69) is 15.2 Å². The van der Waals surface area contributed by atoms with Crippen LogP contribution in [-0.4, -0.2) is 28.5 Å². The topological polar surface area (TPSA) is 56.2 Å². The molecule has 9 heteroatoms. The van der Waals surface area contributed by atoms with Gasteiger partial charge in [0.25, 0.3) is 5.91 Å². The smallest absolute Gasteiger partial charge is 0.367 e. The van der Waals surface area contributed by atoms with Gasteiger partial charge in [-0.3, -0.25) is 4.79 Å². The minimum atomic E-state index is -4.39. The molecule has 0 bridgehead atoms. The molecular weight excluding hydrogens is 402 g/mol. The number of hydrogen-bond acceptors (Lipinski definition) is 3. The summed E-state index contributed by atoms with van der Waals surface area (Å²) in [5.41, 5.74) is 2.84. The second-order valence-electron chi connectivity index (χ2n) is 6.76. The predicted molar refractivity (Wildman–Crippen MR) is 103 cm³/mol. The Morgan fingerprint density at radius 2 is 1.80 bits per heavy atom. The lowest BCUT2D eigenvalue weighted by molar-refractivity contribution is -0.176. The molecule has 0 spiro atoms. The highest BCUT2D eigenvalue weighted by Crippen LogP contribution is 2.21. The molecule has 0 atom stereocenters. The first-order valence-corrected chi connectivity index (χ1v) is 9.00. The molecule has 0 fully saturated rings. The monoisotopic (exact) mass is 421 g/mol. The minimum absolute atomic E-state index is 0.222. The molecule has 1 aromatic heterocycles. The standard InChI is InChI=1S/C21H19F4N3O2/c1-13-9-14(2)28(27-13)19-8-7-17(10-18(19)22)26-20(29)16-5-3-15(4-6-16)11-30-12-21(23,24)25/h3-10H,11-12H2,1-2H3,(H,26,29). The van der Waals surface area contributed by atoms with E-state index in [1.165, 1.54) is 41.1 Å². The van der Waals surface area contributed by atoms with Crippen LogP contribution in [-0.2, 0) is 11.3 Å². The molecule has 2 aromatic carbocycles. The lowest BCUT2D eigenvalue weighted by Crippen LogP contribution is -2.16. The van der Waals surface area contributed by atoms with E-state index in [4.69, 9.17) is 0 Å². The molecular formula is C21H19F4N3O2. The Morgan fingerprint density at radius 3 is 2.37 bits per heavy atom. The summed E-state index contributed by atoms with van der Waals surface area (Å²) in [5, 5.41) is 6.83. The van der Waals surface area contributed by atoms with E-state index in [-0.39, 0.29) is 23.5 Å². The van der Waals surface area contributed by atoms with E-state index >= 15 is 0 Å². The molecule has 0 unspecified atom stereocenters. The first-order valence-electron chi connectivity index (χ1n) is 9.00. The first kappa shape index (κ1) is 21.5. The van der Waals surface area contributed by atoms with Gasteiger partial charge in [0.15, 0.2) is 5.82 Å². The molecule has 1 amide bonds. The van der Waals surface area contributed by atoms with E-state index in [0.29, 0.717) is 5.56 Å². The van der Waals surface area contributed by atoms with Crippen molar-refractivity contribution in [2.24, 2.45) is 0 Å². The van der Waals surface area contributed by atoms with Gasteiger partial charge in [0, 0.05) is 16.9 Å². The van der Waals surface area contributed by atoms with Crippen molar-refractivity contribution in [2.45, 2.75) is 26.6 Å². The normalized spacial score (nSPS) is 11.5. The first-order chi connectivity index (χ1) is 14.1. The number of nitrogens with zero attached hydrogens (tertiary/aromatic N) is 2. The largest absolute Gasteiger partial charge is 0.411 e. The molecule has 3 rings (SSSR count). The van der Waals surface area contributed by atoms with Gasteiger partial charge in [-0.15, -0.1) is 0 Å². The zero-order valence-electron chi connectivity index (χ0n) is 16.3. The van der Waals surface area contributed by atoms with E-state index < -0.39 is 24.5 Å². The number of anilines is 1. The number of halogens is 4. The fourth-order valence-electron chi connectivity index (χ4n) is 2.87. The number of alkyl halides is 3. The van der Waals surface area contributed by atoms with Crippen LogP contribution in [0.3, 0.4) is 0 Å². The van der Waals surface area contributed by atoms with E-state index in [1.807, 2.05) is 19.9 Å². The number of amides is 1. The third-order valence-corrected chi connectivity index (χ3v) is 4.19. The minimum Gasteiger partial charge on any atom is -0.367 e. The molecule has 0 saturated carbocycles. The van der Waals surface area contributed by atoms with Crippen molar-refractivity contribution in [3.63, 3.8) is 0 Å². The zero-order chi connectivity index (χ0) is 21.9. The third-order valence-electron chi connectivity index (χ3n) is 4.19. The SMILES string of the molecule is Cc1cc(C)n(-c2ccc(NC(=O)c3ccc(COCC(F)(F)F)cc3)cc2F)n1. The second-order valence-corrected chi connectivity index (χ2v) is 6.76. The number of rotatable bonds is 6. The summed E-state index contributed by atoms with van der Waals surface area (Å²) in [7, 11) is 0. The van der Waals surface area contributed by atoms with Gasteiger partial charge in [-0.1, -0.05) is 12.1 Å². The maximum atomic E-state index is 14.5. The Morgan fingerprint density at radius 1 is 1.10 bits per heavy atom. The molecule has 0 aliphatic carbocycles. The molecule has 5 nitrogen and oxygen atoms in total. The summed E-state index contributed by atoms with van der Waals surface area (Å²) in [6.07, 6.45) is -4.39. The highest BCUT2D eigenvalue weighted by molar-refractivity contribution is 6.04. The Kier molecular flexibility index (Phi) is 6.21. The number of carbonyl (C=O) groups excluding carboxylic acids is 1. The fraction of sp³-hybridized carbons (Fsp3) is 0.238. The molecule has 0 saturated heterocycles. The highest BCUT2D eigenvalue weighted by Gasteiger charge is 2.27. The zero-order valence-corrected chi connectivity index (χ0v) is 16.3. The van der Waals surface area contributed by atoms with Crippen LogP contribution in [0.2, 0.25) is 0 Å². The van der Waals surface area contributed by atoms with Crippen LogP contribution < -0.4 is 5.32 Å². The average molecular weight is 421 g/mol. The predicted octanol–water partition coefficient (Wildman–Crippen LogP) is 4.96. The summed E-state index contributed by atoms with van der Waals surface area (Å²) >= 11 is 0. The number of benzene rings is 2. The molecule has 0 radical (unpaired) electrons. The number of hydrogen-bond donors (Lipinski definition) is 1. The summed E-state index contributed by atoms with van der Waals surface area (Å²) in [5.74, 6) is -1.02. The summed E-state index contributed by atoms with van der Waals surface area (Å²) in [6, 6.07) is 12.0. The number of nitrogens with one attached hydrogen (secondary N) is 1. The van der Waals surface area contributed by atoms with Crippen LogP contribution in [0.15, 0.2) is 48.5 Å². The van der Waals surface area contributed by atoms with Gasteiger partial charge in [-0.25, -0.2) is 9.07 Å². The number of aryl methyl sites for hydroxylation is 2. The van der Waals surface area contributed by atoms with E-state index in [9.17, 15) is 22.4 Å². The number of ether oxygens (including phenoxy) is 1.